The molecular formula is C14H17NO2. The lowest BCUT2D eigenvalue weighted by atomic mass is 9.89. The number of ketones is 1. The first-order chi connectivity index (χ1) is 7.91. The van der Waals surface area contributed by atoms with Crippen molar-refractivity contribution in [3.05, 3.63) is 30.0 Å². The summed E-state index contributed by atoms with van der Waals surface area (Å²) >= 11 is 0. The third kappa shape index (κ3) is 2.18. The molecule has 0 aliphatic carbocycles. The van der Waals surface area contributed by atoms with Crippen molar-refractivity contribution < 1.29 is 9.53 Å². The summed E-state index contributed by atoms with van der Waals surface area (Å²) in [6, 6.07) is 7.61. The highest BCUT2D eigenvalue weighted by molar-refractivity contribution is 6.02. The van der Waals surface area contributed by atoms with Crippen LogP contribution >= 0.6 is 0 Å². The fraction of sp³-hybridized carbons (Fsp3) is 0.357. The number of fused-ring (bicyclic) bond motifs is 1. The number of ether oxygens (including phenoxy) is 1. The minimum absolute atomic E-state index is 0.118. The molecule has 1 aromatic carbocycles. The van der Waals surface area contributed by atoms with Gasteiger partial charge in [0.2, 0.25) is 0 Å². The summed E-state index contributed by atoms with van der Waals surface area (Å²) in [7, 11) is 1.63. The Labute approximate surface area is 101 Å². The third-order valence-corrected chi connectivity index (χ3v) is 2.75. The van der Waals surface area contributed by atoms with Crippen molar-refractivity contribution in [2.75, 3.05) is 7.11 Å². The molecule has 2 aromatic rings. The van der Waals surface area contributed by atoms with E-state index in [9.17, 15) is 4.79 Å². The van der Waals surface area contributed by atoms with E-state index in [1.807, 2.05) is 45.0 Å². The highest BCUT2D eigenvalue weighted by Crippen LogP contribution is 2.25. The van der Waals surface area contributed by atoms with E-state index >= 15 is 0 Å². The molecule has 0 amide bonds. The standard InChI is InChI=1S/C14H17NO2/c1-14(2,3)13(16)12-8-9-7-10(17-4)5-6-11(9)15-12/h5-8,15H,1-4H3. The quantitative estimate of drug-likeness (QED) is 0.805. The van der Waals surface area contributed by atoms with E-state index in [1.165, 1.54) is 0 Å². The fourth-order valence-electron chi connectivity index (χ4n) is 1.76. The lowest BCUT2D eigenvalue weighted by Gasteiger charge is -2.14. The number of H-pyrrole nitrogens is 1. The van der Waals surface area contributed by atoms with Crippen molar-refractivity contribution in [1.82, 2.24) is 4.98 Å². The van der Waals surface area contributed by atoms with Crippen LogP contribution in [0, 0.1) is 5.41 Å². The summed E-state index contributed by atoms with van der Waals surface area (Å²) in [5, 5.41) is 0.997. The smallest absolute Gasteiger partial charge is 0.184 e. The Hall–Kier alpha value is -1.77. The predicted octanol–water partition coefficient (Wildman–Crippen LogP) is 3.41. The molecule has 17 heavy (non-hydrogen) atoms. The van der Waals surface area contributed by atoms with Crippen LogP contribution in [0.1, 0.15) is 31.3 Å². The van der Waals surface area contributed by atoms with Gasteiger partial charge >= 0.3 is 0 Å². The van der Waals surface area contributed by atoms with Crippen LogP contribution in [0.2, 0.25) is 0 Å². The molecule has 2 rings (SSSR count). The Balaban J connectivity index is 2.48. The van der Waals surface area contributed by atoms with Gasteiger partial charge < -0.3 is 9.72 Å². The Bertz CT molecular complexity index is 561. The lowest BCUT2D eigenvalue weighted by Crippen LogP contribution is -2.20. The number of hydrogen-bond acceptors (Lipinski definition) is 2. The van der Waals surface area contributed by atoms with Crippen molar-refractivity contribution in [1.29, 1.82) is 0 Å². The molecule has 3 nitrogen and oxygen atoms in total. The van der Waals surface area contributed by atoms with E-state index in [4.69, 9.17) is 4.74 Å². The molecule has 0 aliphatic heterocycles. The average Bonchev–Trinajstić information content (AvgIpc) is 2.68. The van der Waals surface area contributed by atoms with Crippen molar-refractivity contribution in [2.45, 2.75) is 20.8 Å². The largest absolute Gasteiger partial charge is 0.497 e. The van der Waals surface area contributed by atoms with E-state index < -0.39 is 0 Å². The van der Waals surface area contributed by atoms with Gasteiger partial charge in [-0.05, 0) is 24.3 Å². The molecule has 1 N–H and O–H groups in total. The predicted molar refractivity (Wildman–Crippen MR) is 68.6 cm³/mol. The highest BCUT2D eigenvalue weighted by atomic mass is 16.5. The van der Waals surface area contributed by atoms with Crippen molar-refractivity contribution in [2.24, 2.45) is 5.41 Å². The van der Waals surface area contributed by atoms with Crippen molar-refractivity contribution >= 4 is 16.7 Å². The first-order valence-electron chi connectivity index (χ1n) is 5.63. The van der Waals surface area contributed by atoms with E-state index in [1.54, 1.807) is 7.11 Å². The summed E-state index contributed by atoms with van der Waals surface area (Å²) in [5.41, 5.74) is 1.24. The number of carbonyl (C=O) groups is 1. The molecule has 0 saturated heterocycles. The monoisotopic (exact) mass is 231 g/mol. The Morgan fingerprint density at radius 3 is 2.53 bits per heavy atom. The van der Waals surface area contributed by atoms with Gasteiger partial charge in [-0.25, -0.2) is 0 Å². The maximum atomic E-state index is 12.1. The second-order valence-electron chi connectivity index (χ2n) is 5.22. The molecule has 0 atom stereocenters. The van der Waals surface area contributed by atoms with Crippen LogP contribution in [0.3, 0.4) is 0 Å². The van der Waals surface area contributed by atoms with Gasteiger partial charge in [0.25, 0.3) is 0 Å². The molecule has 90 valence electrons. The molecule has 0 fully saturated rings. The number of hydrogen-bond donors (Lipinski definition) is 1. The molecule has 3 heteroatoms. The SMILES string of the molecule is COc1ccc2[nH]c(C(=O)C(C)(C)C)cc2c1. The van der Waals surface area contributed by atoms with Crippen molar-refractivity contribution in [3.63, 3.8) is 0 Å². The minimum Gasteiger partial charge on any atom is -0.497 e. The summed E-state index contributed by atoms with van der Waals surface area (Å²) in [6.45, 7) is 5.75. The van der Waals surface area contributed by atoms with E-state index in [-0.39, 0.29) is 11.2 Å². The van der Waals surface area contributed by atoms with Gasteiger partial charge in [0.1, 0.15) is 5.75 Å². The molecule has 0 radical (unpaired) electrons. The normalized spacial score (nSPS) is 11.8. The summed E-state index contributed by atoms with van der Waals surface area (Å²) in [6.07, 6.45) is 0. The number of aromatic nitrogens is 1. The third-order valence-electron chi connectivity index (χ3n) is 2.75. The van der Waals surface area contributed by atoms with Gasteiger partial charge in [-0.3, -0.25) is 4.79 Å². The maximum Gasteiger partial charge on any atom is 0.184 e. The van der Waals surface area contributed by atoms with Crippen LogP contribution in [0.5, 0.6) is 5.75 Å². The zero-order valence-electron chi connectivity index (χ0n) is 10.6. The molecule has 0 bridgehead atoms. The molecular weight excluding hydrogens is 214 g/mol. The van der Waals surface area contributed by atoms with Gasteiger partial charge in [-0.2, -0.15) is 0 Å². The van der Waals surface area contributed by atoms with Crippen LogP contribution in [0.4, 0.5) is 0 Å². The second kappa shape index (κ2) is 3.91. The number of carbonyl (C=O) groups excluding carboxylic acids is 1. The van der Waals surface area contributed by atoms with Crippen LogP contribution in [0.25, 0.3) is 10.9 Å². The Morgan fingerprint density at radius 1 is 1.24 bits per heavy atom. The van der Waals surface area contributed by atoms with E-state index in [2.05, 4.69) is 4.98 Å². The van der Waals surface area contributed by atoms with Gasteiger partial charge in [-0.15, -0.1) is 0 Å². The number of Topliss-reactive ketones (excluding diaryl/α,β-unsaturated/α-hetero) is 1. The van der Waals surface area contributed by atoms with Gasteiger partial charge in [0.05, 0.1) is 12.8 Å². The van der Waals surface area contributed by atoms with Crippen LogP contribution in [-0.4, -0.2) is 17.9 Å². The number of benzene rings is 1. The molecule has 0 spiro atoms. The van der Waals surface area contributed by atoms with Crippen LogP contribution in [0.15, 0.2) is 24.3 Å². The number of methoxy groups -OCH3 is 1. The maximum absolute atomic E-state index is 12.1. The molecule has 0 aliphatic rings. The number of aromatic amines is 1. The Morgan fingerprint density at radius 2 is 1.94 bits per heavy atom. The number of nitrogens with one attached hydrogen (secondary N) is 1. The highest BCUT2D eigenvalue weighted by Gasteiger charge is 2.24. The molecule has 1 aromatic heterocycles. The van der Waals surface area contributed by atoms with Gasteiger partial charge in [0, 0.05) is 16.3 Å². The summed E-state index contributed by atoms with van der Waals surface area (Å²) in [5.74, 6) is 0.916. The first-order valence-corrected chi connectivity index (χ1v) is 5.63. The van der Waals surface area contributed by atoms with Crippen LogP contribution < -0.4 is 4.74 Å². The first kappa shape index (κ1) is 11.7. The van der Waals surface area contributed by atoms with Gasteiger partial charge in [-0.1, -0.05) is 20.8 Å². The van der Waals surface area contributed by atoms with E-state index in [0.717, 1.165) is 16.7 Å². The Kier molecular flexibility index (Phi) is 2.69. The lowest BCUT2D eigenvalue weighted by molar-refractivity contribution is 0.0854. The minimum atomic E-state index is -0.370. The van der Waals surface area contributed by atoms with Crippen molar-refractivity contribution in [3.8, 4) is 5.75 Å². The molecule has 0 saturated carbocycles. The number of rotatable bonds is 2. The molecule has 0 unspecified atom stereocenters. The van der Waals surface area contributed by atoms with E-state index in [0.29, 0.717) is 5.69 Å². The zero-order chi connectivity index (χ0) is 12.6. The topological polar surface area (TPSA) is 42.1 Å². The average molecular weight is 231 g/mol. The second-order valence-corrected chi connectivity index (χ2v) is 5.22. The van der Waals surface area contributed by atoms with Gasteiger partial charge in [0.15, 0.2) is 5.78 Å². The van der Waals surface area contributed by atoms with Crippen LogP contribution in [-0.2, 0) is 0 Å². The summed E-state index contributed by atoms with van der Waals surface area (Å²) < 4.78 is 5.16. The molecule has 1 heterocycles. The zero-order valence-corrected chi connectivity index (χ0v) is 10.6. The summed E-state index contributed by atoms with van der Waals surface area (Å²) in [4.78, 5) is 15.3. The fourth-order valence-corrected chi connectivity index (χ4v) is 1.76.